The molecule has 0 fully saturated rings. The van der Waals surface area contributed by atoms with Crippen molar-refractivity contribution in [1.82, 2.24) is 5.32 Å². The van der Waals surface area contributed by atoms with Gasteiger partial charge in [-0.3, -0.25) is 0 Å². The molecule has 0 aliphatic carbocycles. The summed E-state index contributed by atoms with van der Waals surface area (Å²) in [5, 5.41) is 6.45. The Balaban J connectivity index is 2.12. The molecule has 74 valence electrons. The summed E-state index contributed by atoms with van der Waals surface area (Å²) in [6.07, 6.45) is 5.46. The maximum absolute atomic E-state index is 3.36. The van der Waals surface area contributed by atoms with Crippen molar-refractivity contribution in [2.45, 2.75) is 6.42 Å². The van der Waals surface area contributed by atoms with Crippen LogP contribution in [0.2, 0.25) is 0 Å². The quantitative estimate of drug-likeness (QED) is 0.757. The minimum atomic E-state index is 0.926. The van der Waals surface area contributed by atoms with Crippen molar-refractivity contribution >= 4 is 11.8 Å². The van der Waals surface area contributed by atoms with Gasteiger partial charge in [-0.15, -0.1) is 0 Å². The molecule has 1 heterocycles. The molecule has 0 bridgehead atoms. The molecule has 2 rings (SSSR count). The van der Waals surface area contributed by atoms with E-state index in [1.807, 2.05) is 7.05 Å². The minimum Gasteiger partial charge on any atom is -0.384 e. The van der Waals surface area contributed by atoms with Crippen molar-refractivity contribution in [3.05, 3.63) is 35.4 Å². The largest absolute Gasteiger partial charge is 0.384 e. The molecule has 0 saturated carbocycles. The van der Waals surface area contributed by atoms with Gasteiger partial charge in [0, 0.05) is 18.8 Å². The fourth-order valence-electron chi connectivity index (χ4n) is 1.74. The Hall–Kier alpha value is -1.28. The zero-order valence-electron chi connectivity index (χ0n) is 8.51. The van der Waals surface area contributed by atoms with Crippen molar-refractivity contribution in [1.29, 1.82) is 0 Å². The zero-order chi connectivity index (χ0) is 9.80. The van der Waals surface area contributed by atoms with Crippen molar-refractivity contribution in [2.75, 3.05) is 25.5 Å². The number of benzene rings is 1. The molecule has 0 amide bonds. The molecule has 2 N–H and O–H groups in total. The fraction of sp³-hybridized carbons (Fsp3) is 0.333. The molecule has 2 heteroatoms. The smallest absolute Gasteiger partial charge is 0.0373 e. The van der Waals surface area contributed by atoms with Gasteiger partial charge in [-0.2, -0.15) is 0 Å². The Bertz CT molecular complexity index is 342. The summed E-state index contributed by atoms with van der Waals surface area (Å²) in [7, 11) is 1.96. The van der Waals surface area contributed by atoms with E-state index >= 15 is 0 Å². The molecule has 1 aromatic carbocycles. The van der Waals surface area contributed by atoms with E-state index in [1.165, 1.54) is 16.8 Å². The van der Waals surface area contributed by atoms with Crippen LogP contribution >= 0.6 is 0 Å². The predicted octanol–water partition coefficient (Wildman–Crippen LogP) is 1.89. The van der Waals surface area contributed by atoms with Gasteiger partial charge in [-0.05, 0) is 36.7 Å². The summed E-state index contributed by atoms with van der Waals surface area (Å²) >= 11 is 0. The minimum absolute atomic E-state index is 0.926. The van der Waals surface area contributed by atoms with Crippen LogP contribution in [0.3, 0.4) is 0 Å². The normalized spacial score (nSPS) is 14.4. The maximum atomic E-state index is 3.36. The standard InChI is InChI=1S/C12H16N2/c1-13-7-2-3-10-4-5-12-11(9-10)6-8-14-12/h2-5,9,13-14H,6-8H2,1H3. The first kappa shape index (κ1) is 9.28. The number of nitrogens with one attached hydrogen (secondary N) is 2. The van der Waals surface area contributed by atoms with E-state index in [4.69, 9.17) is 0 Å². The summed E-state index contributed by atoms with van der Waals surface area (Å²) in [6, 6.07) is 6.59. The number of anilines is 1. The van der Waals surface area contributed by atoms with E-state index < -0.39 is 0 Å². The lowest BCUT2D eigenvalue weighted by Crippen LogP contribution is -2.03. The van der Waals surface area contributed by atoms with Gasteiger partial charge >= 0.3 is 0 Å². The first-order valence-corrected chi connectivity index (χ1v) is 5.08. The van der Waals surface area contributed by atoms with E-state index in [0.29, 0.717) is 0 Å². The molecule has 1 aromatic rings. The third-order valence-electron chi connectivity index (χ3n) is 2.47. The van der Waals surface area contributed by atoms with Crippen molar-refractivity contribution in [3.8, 4) is 0 Å². The van der Waals surface area contributed by atoms with Crippen LogP contribution in [0.15, 0.2) is 24.3 Å². The lowest BCUT2D eigenvalue weighted by atomic mass is 10.1. The molecule has 2 nitrogen and oxygen atoms in total. The average Bonchev–Trinajstić information content (AvgIpc) is 2.65. The van der Waals surface area contributed by atoms with Crippen LogP contribution in [0.25, 0.3) is 6.08 Å². The second-order valence-electron chi connectivity index (χ2n) is 3.55. The highest BCUT2D eigenvalue weighted by Crippen LogP contribution is 2.23. The monoisotopic (exact) mass is 188 g/mol. The Morgan fingerprint density at radius 3 is 3.29 bits per heavy atom. The molecule has 0 saturated heterocycles. The molecule has 0 spiro atoms. The number of likely N-dealkylation sites (N-methyl/N-ethyl adjacent to an activating group) is 1. The fourth-order valence-corrected chi connectivity index (χ4v) is 1.74. The average molecular weight is 188 g/mol. The molecule has 1 aliphatic rings. The first-order valence-electron chi connectivity index (χ1n) is 5.08. The Labute approximate surface area is 85.0 Å². The summed E-state index contributed by atoms with van der Waals surface area (Å²) in [5.41, 5.74) is 4.04. The Morgan fingerprint density at radius 2 is 2.43 bits per heavy atom. The molecule has 0 unspecified atom stereocenters. The first-order chi connectivity index (χ1) is 6.90. The highest BCUT2D eigenvalue weighted by molar-refractivity contribution is 5.62. The van der Waals surface area contributed by atoms with Crippen molar-refractivity contribution in [2.24, 2.45) is 0 Å². The van der Waals surface area contributed by atoms with Gasteiger partial charge in [0.05, 0.1) is 0 Å². The molecular formula is C12H16N2. The van der Waals surface area contributed by atoms with Gasteiger partial charge in [0.2, 0.25) is 0 Å². The van der Waals surface area contributed by atoms with Crippen molar-refractivity contribution in [3.63, 3.8) is 0 Å². The Morgan fingerprint density at radius 1 is 1.50 bits per heavy atom. The molecule has 1 aliphatic heterocycles. The van der Waals surface area contributed by atoms with E-state index in [1.54, 1.807) is 0 Å². The predicted molar refractivity (Wildman–Crippen MR) is 61.6 cm³/mol. The second kappa shape index (κ2) is 4.29. The van der Waals surface area contributed by atoms with Gasteiger partial charge in [-0.1, -0.05) is 18.2 Å². The molecule has 0 atom stereocenters. The van der Waals surface area contributed by atoms with Gasteiger partial charge in [0.25, 0.3) is 0 Å². The maximum Gasteiger partial charge on any atom is 0.0373 e. The third kappa shape index (κ3) is 1.96. The number of fused-ring (bicyclic) bond motifs is 1. The van der Waals surface area contributed by atoms with Gasteiger partial charge < -0.3 is 10.6 Å². The summed E-state index contributed by atoms with van der Waals surface area (Å²) in [4.78, 5) is 0. The molecular weight excluding hydrogens is 172 g/mol. The van der Waals surface area contributed by atoms with Crippen LogP contribution in [0.1, 0.15) is 11.1 Å². The van der Waals surface area contributed by atoms with Crippen LogP contribution in [-0.4, -0.2) is 20.1 Å². The Kier molecular flexibility index (Phi) is 2.84. The third-order valence-corrected chi connectivity index (χ3v) is 2.47. The van der Waals surface area contributed by atoms with Gasteiger partial charge in [0.1, 0.15) is 0 Å². The van der Waals surface area contributed by atoms with Crippen LogP contribution < -0.4 is 10.6 Å². The number of rotatable bonds is 3. The van der Waals surface area contributed by atoms with E-state index in [2.05, 4.69) is 41.0 Å². The van der Waals surface area contributed by atoms with Crippen LogP contribution in [0.5, 0.6) is 0 Å². The highest BCUT2D eigenvalue weighted by Gasteiger charge is 2.08. The van der Waals surface area contributed by atoms with Gasteiger partial charge in [0.15, 0.2) is 0 Å². The van der Waals surface area contributed by atoms with Crippen LogP contribution in [0.4, 0.5) is 5.69 Å². The lowest BCUT2D eigenvalue weighted by Gasteiger charge is -2.00. The summed E-state index contributed by atoms with van der Waals surface area (Å²) in [6.45, 7) is 2.01. The van der Waals surface area contributed by atoms with E-state index in [9.17, 15) is 0 Å². The zero-order valence-corrected chi connectivity index (χ0v) is 8.51. The molecule has 0 radical (unpaired) electrons. The molecule has 0 aromatic heterocycles. The SMILES string of the molecule is CNCC=Cc1ccc2c(c1)CCN2. The van der Waals surface area contributed by atoms with E-state index in [-0.39, 0.29) is 0 Å². The van der Waals surface area contributed by atoms with Gasteiger partial charge in [-0.25, -0.2) is 0 Å². The second-order valence-corrected chi connectivity index (χ2v) is 3.55. The summed E-state index contributed by atoms with van der Waals surface area (Å²) in [5.74, 6) is 0. The van der Waals surface area contributed by atoms with Crippen LogP contribution in [-0.2, 0) is 6.42 Å². The number of hydrogen-bond acceptors (Lipinski definition) is 2. The topological polar surface area (TPSA) is 24.1 Å². The molecule has 14 heavy (non-hydrogen) atoms. The van der Waals surface area contributed by atoms with E-state index in [0.717, 1.165) is 19.5 Å². The highest BCUT2D eigenvalue weighted by atomic mass is 14.9. The lowest BCUT2D eigenvalue weighted by molar-refractivity contribution is 0.922. The van der Waals surface area contributed by atoms with Crippen molar-refractivity contribution < 1.29 is 0 Å². The number of hydrogen-bond donors (Lipinski definition) is 2. The van der Waals surface area contributed by atoms with Crippen LogP contribution in [0, 0.1) is 0 Å². The summed E-state index contributed by atoms with van der Waals surface area (Å²) < 4.78 is 0.